The summed E-state index contributed by atoms with van der Waals surface area (Å²) in [7, 11) is 0. The van der Waals surface area contributed by atoms with Crippen LogP contribution in [0, 0.1) is 5.92 Å². The summed E-state index contributed by atoms with van der Waals surface area (Å²) in [5.74, 6) is 0.730. The Kier molecular flexibility index (Phi) is 3.16. The number of nitrogens with two attached hydrogens (primary N) is 1. The molecule has 0 saturated carbocycles. The van der Waals surface area contributed by atoms with Gasteiger partial charge in [-0.1, -0.05) is 5.16 Å². The van der Waals surface area contributed by atoms with Crippen molar-refractivity contribution in [2.45, 2.75) is 19.4 Å². The summed E-state index contributed by atoms with van der Waals surface area (Å²) in [5.41, 5.74) is 6.80. The highest BCUT2D eigenvalue weighted by Gasteiger charge is 2.18. The molecule has 0 atom stereocenters. The number of rotatable bonds is 3. The lowest BCUT2D eigenvalue weighted by atomic mass is 9.97. The van der Waals surface area contributed by atoms with Gasteiger partial charge in [-0.2, -0.15) is 0 Å². The van der Waals surface area contributed by atoms with E-state index >= 15 is 0 Å². The first-order chi connectivity index (χ1) is 6.88. The van der Waals surface area contributed by atoms with Gasteiger partial charge in [0.15, 0.2) is 0 Å². The molecule has 4 nitrogen and oxygen atoms in total. The summed E-state index contributed by atoms with van der Waals surface area (Å²) in [5, 5.41) is 3.70. The lowest BCUT2D eigenvalue weighted by molar-refractivity contribution is 0.180. The van der Waals surface area contributed by atoms with Crippen molar-refractivity contribution in [3.63, 3.8) is 0 Å². The molecule has 2 heterocycles. The Morgan fingerprint density at radius 2 is 2.29 bits per heavy atom. The Balaban J connectivity index is 1.79. The third-order valence-corrected chi connectivity index (χ3v) is 2.93. The minimum absolute atomic E-state index is 0.730. The van der Waals surface area contributed by atoms with Gasteiger partial charge in [0.1, 0.15) is 6.26 Å². The molecule has 78 valence electrons. The van der Waals surface area contributed by atoms with Crippen LogP contribution in [0.25, 0.3) is 0 Å². The fourth-order valence-corrected chi connectivity index (χ4v) is 1.94. The maximum atomic E-state index is 5.64. The van der Waals surface area contributed by atoms with E-state index in [-0.39, 0.29) is 0 Å². The van der Waals surface area contributed by atoms with Gasteiger partial charge in [0.05, 0.1) is 6.20 Å². The second-order valence-electron chi connectivity index (χ2n) is 3.99. The van der Waals surface area contributed by atoms with Crippen LogP contribution in [0.5, 0.6) is 0 Å². The van der Waals surface area contributed by atoms with Crippen LogP contribution in [0.4, 0.5) is 0 Å². The highest BCUT2D eigenvalue weighted by atomic mass is 16.5. The number of hydrogen-bond acceptors (Lipinski definition) is 4. The summed E-state index contributed by atoms with van der Waals surface area (Å²) < 4.78 is 4.80. The zero-order chi connectivity index (χ0) is 9.80. The maximum Gasteiger partial charge on any atom is 0.128 e. The van der Waals surface area contributed by atoms with Crippen molar-refractivity contribution in [1.29, 1.82) is 0 Å². The fourth-order valence-electron chi connectivity index (χ4n) is 1.94. The van der Waals surface area contributed by atoms with Crippen molar-refractivity contribution in [2.24, 2.45) is 11.7 Å². The molecular weight excluding hydrogens is 178 g/mol. The Morgan fingerprint density at radius 3 is 2.86 bits per heavy atom. The molecular formula is C10H17N3O. The van der Waals surface area contributed by atoms with Crippen molar-refractivity contribution >= 4 is 0 Å². The van der Waals surface area contributed by atoms with Gasteiger partial charge in [-0.05, 0) is 38.4 Å². The third kappa shape index (κ3) is 2.33. The molecule has 0 bridgehead atoms. The zero-order valence-corrected chi connectivity index (χ0v) is 8.35. The standard InChI is InChI=1S/C10H17N3O/c11-5-9-1-3-13(4-2-9)7-10-6-12-14-8-10/h6,8-9H,1-5,7,11H2. The average molecular weight is 195 g/mol. The van der Waals surface area contributed by atoms with Gasteiger partial charge in [-0.25, -0.2) is 0 Å². The van der Waals surface area contributed by atoms with Gasteiger partial charge in [-0.15, -0.1) is 0 Å². The third-order valence-electron chi connectivity index (χ3n) is 2.93. The molecule has 0 radical (unpaired) electrons. The Morgan fingerprint density at radius 1 is 1.50 bits per heavy atom. The molecule has 0 aliphatic carbocycles. The molecule has 1 aromatic rings. The van der Waals surface area contributed by atoms with Crippen molar-refractivity contribution in [1.82, 2.24) is 10.1 Å². The lowest BCUT2D eigenvalue weighted by Crippen LogP contribution is -2.35. The van der Waals surface area contributed by atoms with Crippen LogP contribution in [0.2, 0.25) is 0 Å². The van der Waals surface area contributed by atoms with Crippen molar-refractivity contribution in [2.75, 3.05) is 19.6 Å². The van der Waals surface area contributed by atoms with Crippen molar-refractivity contribution in [3.8, 4) is 0 Å². The molecule has 1 aliphatic rings. The number of piperidine rings is 1. The summed E-state index contributed by atoms with van der Waals surface area (Å²) in [4.78, 5) is 2.43. The van der Waals surface area contributed by atoms with Crippen molar-refractivity contribution < 1.29 is 4.52 Å². The lowest BCUT2D eigenvalue weighted by Gasteiger charge is -2.30. The number of nitrogens with zero attached hydrogens (tertiary/aromatic N) is 2. The molecule has 2 N–H and O–H groups in total. The highest BCUT2D eigenvalue weighted by Crippen LogP contribution is 2.17. The van der Waals surface area contributed by atoms with Gasteiger partial charge >= 0.3 is 0 Å². The molecule has 4 heteroatoms. The Labute approximate surface area is 84.0 Å². The van der Waals surface area contributed by atoms with Crippen LogP contribution >= 0.6 is 0 Å². The minimum Gasteiger partial charge on any atom is -0.364 e. The van der Waals surface area contributed by atoms with Gasteiger partial charge in [-0.3, -0.25) is 4.90 Å². The van der Waals surface area contributed by atoms with Crippen LogP contribution in [0.15, 0.2) is 17.0 Å². The molecule has 1 aromatic heterocycles. The van der Waals surface area contributed by atoms with Gasteiger partial charge < -0.3 is 10.3 Å². The summed E-state index contributed by atoms with van der Waals surface area (Å²) >= 11 is 0. The quantitative estimate of drug-likeness (QED) is 0.776. The fraction of sp³-hybridized carbons (Fsp3) is 0.700. The summed E-state index contributed by atoms with van der Waals surface area (Å²) in [6, 6.07) is 0. The van der Waals surface area contributed by atoms with E-state index in [0.29, 0.717) is 0 Å². The molecule has 0 aromatic carbocycles. The second kappa shape index (κ2) is 4.57. The Hall–Kier alpha value is -0.870. The summed E-state index contributed by atoms with van der Waals surface area (Å²) in [6.45, 7) is 4.09. The van der Waals surface area contributed by atoms with Crippen LogP contribution in [-0.2, 0) is 6.54 Å². The number of hydrogen-bond donors (Lipinski definition) is 1. The monoisotopic (exact) mass is 195 g/mol. The van der Waals surface area contributed by atoms with Gasteiger partial charge in [0.25, 0.3) is 0 Å². The highest BCUT2D eigenvalue weighted by molar-refractivity contribution is 5.00. The first kappa shape index (κ1) is 9.68. The molecule has 0 amide bonds. The molecule has 1 saturated heterocycles. The molecule has 2 rings (SSSR count). The van der Waals surface area contributed by atoms with E-state index in [2.05, 4.69) is 10.1 Å². The predicted octanol–water partition coefficient (Wildman–Crippen LogP) is 0.845. The van der Waals surface area contributed by atoms with Crippen LogP contribution in [-0.4, -0.2) is 29.7 Å². The van der Waals surface area contributed by atoms with E-state index in [4.69, 9.17) is 10.3 Å². The molecule has 0 spiro atoms. The molecule has 14 heavy (non-hydrogen) atoms. The predicted molar refractivity (Wildman–Crippen MR) is 53.6 cm³/mol. The second-order valence-corrected chi connectivity index (χ2v) is 3.99. The topological polar surface area (TPSA) is 55.3 Å². The molecule has 1 aliphatic heterocycles. The maximum absolute atomic E-state index is 5.64. The van der Waals surface area contributed by atoms with E-state index < -0.39 is 0 Å². The van der Waals surface area contributed by atoms with E-state index in [1.165, 1.54) is 12.8 Å². The van der Waals surface area contributed by atoms with E-state index in [1.54, 1.807) is 12.5 Å². The SMILES string of the molecule is NCC1CCN(Cc2cnoc2)CC1. The van der Waals surface area contributed by atoms with Gasteiger partial charge in [0, 0.05) is 12.1 Å². The smallest absolute Gasteiger partial charge is 0.128 e. The zero-order valence-electron chi connectivity index (χ0n) is 8.35. The summed E-state index contributed by atoms with van der Waals surface area (Å²) in [6.07, 6.45) is 5.95. The van der Waals surface area contributed by atoms with E-state index in [0.717, 1.165) is 37.7 Å². The molecule has 0 unspecified atom stereocenters. The number of aromatic nitrogens is 1. The molecule has 1 fully saturated rings. The van der Waals surface area contributed by atoms with E-state index in [9.17, 15) is 0 Å². The minimum atomic E-state index is 0.730. The van der Waals surface area contributed by atoms with Crippen LogP contribution in [0.1, 0.15) is 18.4 Å². The van der Waals surface area contributed by atoms with Gasteiger partial charge in [0.2, 0.25) is 0 Å². The number of likely N-dealkylation sites (tertiary alicyclic amines) is 1. The normalized spacial score (nSPS) is 20.1. The van der Waals surface area contributed by atoms with E-state index in [1.807, 2.05) is 0 Å². The first-order valence-electron chi connectivity index (χ1n) is 5.19. The van der Waals surface area contributed by atoms with Crippen molar-refractivity contribution in [3.05, 3.63) is 18.0 Å². The Bertz CT molecular complexity index is 252. The van der Waals surface area contributed by atoms with Crippen LogP contribution in [0.3, 0.4) is 0 Å². The average Bonchev–Trinajstić information content (AvgIpc) is 2.72. The van der Waals surface area contributed by atoms with Crippen LogP contribution < -0.4 is 5.73 Å². The first-order valence-corrected chi connectivity index (χ1v) is 5.19. The largest absolute Gasteiger partial charge is 0.364 e.